The van der Waals surface area contributed by atoms with Crippen molar-refractivity contribution in [3.8, 4) is 11.4 Å². The molecule has 3 N–H and O–H groups in total. The molecule has 4 heterocycles. The quantitative estimate of drug-likeness (QED) is 0.754. The van der Waals surface area contributed by atoms with Gasteiger partial charge in [-0.15, -0.1) is 0 Å². The second kappa shape index (κ2) is 5.38. The molecule has 0 amide bonds. The summed E-state index contributed by atoms with van der Waals surface area (Å²) in [6, 6.07) is 10.3. The number of fused-ring (bicyclic) bond motifs is 1. The van der Waals surface area contributed by atoms with Gasteiger partial charge >= 0.3 is 0 Å². The van der Waals surface area contributed by atoms with E-state index in [0.717, 1.165) is 54.2 Å². The van der Waals surface area contributed by atoms with E-state index in [1.54, 1.807) is 6.20 Å². The molecule has 0 aromatic carbocycles. The molecule has 0 aliphatic carbocycles. The van der Waals surface area contributed by atoms with Gasteiger partial charge in [0.05, 0.1) is 5.69 Å². The van der Waals surface area contributed by atoms with E-state index >= 15 is 0 Å². The molecular formula is C16H18N6. The third kappa shape index (κ3) is 2.31. The van der Waals surface area contributed by atoms with Crippen molar-refractivity contribution in [2.24, 2.45) is 5.73 Å². The van der Waals surface area contributed by atoms with Crippen LogP contribution in [0.15, 0.2) is 36.5 Å². The van der Waals surface area contributed by atoms with Crippen LogP contribution in [0.2, 0.25) is 0 Å². The first-order chi connectivity index (χ1) is 10.8. The Bertz CT molecular complexity index is 788. The third-order valence-electron chi connectivity index (χ3n) is 4.18. The summed E-state index contributed by atoms with van der Waals surface area (Å²) in [4.78, 5) is 11.4. The van der Waals surface area contributed by atoms with Crippen LogP contribution in [-0.2, 0) is 0 Å². The summed E-state index contributed by atoms with van der Waals surface area (Å²) >= 11 is 0. The molecule has 1 aliphatic heterocycles. The molecule has 4 rings (SSSR count). The number of aromatic nitrogens is 4. The summed E-state index contributed by atoms with van der Waals surface area (Å²) in [5, 5.41) is 8.33. The highest BCUT2D eigenvalue weighted by atomic mass is 15.2. The molecule has 0 unspecified atom stereocenters. The summed E-state index contributed by atoms with van der Waals surface area (Å²) in [6.45, 7) is 1.92. The number of hydrogen-bond donors (Lipinski definition) is 2. The van der Waals surface area contributed by atoms with Crippen molar-refractivity contribution in [1.82, 2.24) is 20.2 Å². The number of piperidine rings is 1. The van der Waals surface area contributed by atoms with Gasteiger partial charge in [-0.1, -0.05) is 6.07 Å². The minimum absolute atomic E-state index is 0.320. The molecule has 0 radical (unpaired) electrons. The molecule has 0 spiro atoms. The molecular weight excluding hydrogens is 276 g/mol. The average molecular weight is 294 g/mol. The highest BCUT2D eigenvalue weighted by Crippen LogP contribution is 2.26. The topological polar surface area (TPSA) is 83.7 Å². The lowest BCUT2D eigenvalue weighted by Gasteiger charge is -2.31. The summed E-state index contributed by atoms with van der Waals surface area (Å²) in [7, 11) is 0. The predicted molar refractivity (Wildman–Crippen MR) is 86.5 cm³/mol. The molecule has 1 fully saturated rings. The van der Waals surface area contributed by atoms with Gasteiger partial charge in [-0.25, -0.2) is 9.97 Å². The van der Waals surface area contributed by atoms with Gasteiger partial charge in [0.25, 0.3) is 0 Å². The van der Waals surface area contributed by atoms with Crippen LogP contribution < -0.4 is 10.6 Å². The number of aromatic amines is 1. The monoisotopic (exact) mass is 294 g/mol. The van der Waals surface area contributed by atoms with Crippen molar-refractivity contribution in [2.75, 3.05) is 18.0 Å². The molecule has 1 saturated heterocycles. The summed E-state index contributed by atoms with van der Waals surface area (Å²) < 4.78 is 0. The van der Waals surface area contributed by atoms with Crippen LogP contribution in [0.4, 0.5) is 5.82 Å². The fourth-order valence-corrected chi connectivity index (χ4v) is 2.91. The maximum atomic E-state index is 5.98. The van der Waals surface area contributed by atoms with Gasteiger partial charge in [0.15, 0.2) is 5.65 Å². The second-order valence-corrected chi connectivity index (χ2v) is 5.68. The van der Waals surface area contributed by atoms with E-state index in [-0.39, 0.29) is 0 Å². The largest absolute Gasteiger partial charge is 0.356 e. The van der Waals surface area contributed by atoms with Crippen LogP contribution >= 0.6 is 0 Å². The maximum Gasteiger partial charge on any atom is 0.155 e. The number of hydrogen-bond acceptors (Lipinski definition) is 5. The standard InChI is InChI=1S/C16H18N6/c17-11-6-9-22(10-7-11)14-5-1-4-13(19-14)15-12-3-2-8-18-16(12)21-20-15/h1-5,8,11H,6-7,9-10,17H2,(H,18,20,21). The predicted octanol–water partition coefficient (Wildman–Crippen LogP) is 1.95. The minimum atomic E-state index is 0.320. The van der Waals surface area contributed by atoms with E-state index in [1.807, 2.05) is 30.3 Å². The Hall–Kier alpha value is -2.47. The Morgan fingerprint density at radius 3 is 2.86 bits per heavy atom. The van der Waals surface area contributed by atoms with Gasteiger partial charge < -0.3 is 10.6 Å². The zero-order valence-corrected chi connectivity index (χ0v) is 12.2. The molecule has 6 nitrogen and oxygen atoms in total. The number of nitrogens with zero attached hydrogens (tertiary/aromatic N) is 4. The lowest BCUT2D eigenvalue weighted by Crippen LogP contribution is -2.40. The average Bonchev–Trinajstić information content (AvgIpc) is 3.00. The minimum Gasteiger partial charge on any atom is -0.356 e. The van der Waals surface area contributed by atoms with Gasteiger partial charge in [0, 0.05) is 30.7 Å². The number of nitrogens with one attached hydrogen (secondary N) is 1. The Balaban J connectivity index is 1.70. The van der Waals surface area contributed by atoms with Gasteiger partial charge in [-0.2, -0.15) is 5.10 Å². The van der Waals surface area contributed by atoms with Gasteiger partial charge in [0.1, 0.15) is 11.5 Å². The first kappa shape index (κ1) is 13.2. The van der Waals surface area contributed by atoms with E-state index < -0.39 is 0 Å². The molecule has 0 saturated carbocycles. The highest BCUT2D eigenvalue weighted by molar-refractivity contribution is 5.89. The number of H-pyrrole nitrogens is 1. The number of anilines is 1. The molecule has 0 bridgehead atoms. The number of pyridine rings is 2. The van der Waals surface area contributed by atoms with Crippen molar-refractivity contribution < 1.29 is 0 Å². The fraction of sp³-hybridized carbons (Fsp3) is 0.312. The highest BCUT2D eigenvalue weighted by Gasteiger charge is 2.18. The zero-order valence-electron chi connectivity index (χ0n) is 12.2. The van der Waals surface area contributed by atoms with E-state index in [1.165, 1.54) is 0 Å². The van der Waals surface area contributed by atoms with E-state index in [2.05, 4.69) is 20.1 Å². The first-order valence-corrected chi connectivity index (χ1v) is 7.58. The molecule has 22 heavy (non-hydrogen) atoms. The van der Waals surface area contributed by atoms with Crippen LogP contribution in [0, 0.1) is 0 Å². The van der Waals surface area contributed by atoms with Crippen LogP contribution in [0.3, 0.4) is 0 Å². The van der Waals surface area contributed by atoms with Crippen LogP contribution in [0.25, 0.3) is 22.4 Å². The van der Waals surface area contributed by atoms with Gasteiger partial charge in [0.2, 0.25) is 0 Å². The first-order valence-electron chi connectivity index (χ1n) is 7.58. The van der Waals surface area contributed by atoms with Crippen LogP contribution in [0.5, 0.6) is 0 Å². The van der Waals surface area contributed by atoms with E-state index in [4.69, 9.17) is 10.7 Å². The maximum absolute atomic E-state index is 5.98. The lowest BCUT2D eigenvalue weighted by molar-refractivity contribution is 0.499. The Labute approximate surface area is 128 Å². The normalized spacial score (nSPS) is 16.3. The number of nitrogens with two attached hydrogens (primary N) is 1. The van der Waals surface area contributed by atoms with E-state index in [9.17, 15) is 0 Å². The Morgan fingerprint density at radius 2 is 2.00 bits per heavy atom. The van der Waals surface area contributed by atoms with Crippen LogP contribution in [0.1, 0.15) is 12.8 Å². The smallest absolute Gasteiger partial charge is 0.155 e. The number of rotatable bonds is 2. The SMILES string of the molecule is NC1CCN(c2cccc(-c3n[nH]c4ncccc34)n2)CC1. The van der Waals surface area contributed by atoms with Crippen molar-refractivity contribution >= 4 is 16.9 Å². The van der Waals surface area contributed by atoms with Crippen molar-refractivity contribution in [1.29, 1.82) is 0 Å². The molecule has 3 aromatic heterocycles. The Kier molecular flexibility index (Phi) is 3.23. The fourth-order valence-electron chi connectivity index (χ4n) is 2.91. The van der Waals surface area contributed by atoms with Crippen LogP contribution in [-0.4, -0.2) is 39.3 Å². The van der Waals surface area contributed by atoms with Gasteiger partial charge in [-0.05, 0) is 37.1 Å². The molecule has 0 atom stereocenters. The molecule has 1 aliphatic rings. The third-order valence-corrected chi connectivity index (χ3v) is 4.18. The Morgan fingerprint density at radius 1 is 1.14 bits per heavy atom. The van der Waals surface area contributed by atoms with E-state index in [0.29, 0.717) is 6.04 Å². The zero-order chi connectivity index (χ0) is 14.9. The summed E-state index contributed by atoms with van der Waals surface area (Å²) in [5.74, 6) is 0.990. The van der Waals surface area contributed by atoms with Crippen molar-refractivity contribution in [2.45, 2.75) is 18.9 Å². The molecule has 112 valence electrons. The molecule has 3 aromatic rings. The van der Waals surface area contributed by atoms with Gasteiger partial charge in [-0.3, -0.25) is 5.10 Å². The summed E-state index contributed by atoms with van der Waals surface area (Å²) in [5.41, 5.74) is 8.48. The molecule has 6 heteroatoms. The summed E-state index contributed by atoms with van der Waals surface area (Å²) in [6.07, 6.45) is 3.79. The van der Waals surface area contributed by atoms with Crippen molar-refractivity contribution in [3.63, 3.8) is 0 Å². The van der Waals surface area contributed by atoms with Crippen molar-refractivity contribution in [3.05, 3.63) is 36.5 Å². The second-order valence-electron chi connectivity index (χ2n) is 5.68. The lowest BCUT2D eigenvalue weighted by atomic mass is 10.1.